The van der Waals surface area contributed by atoms with Crippen molar-refractivity contribution in [2.24, 2.45) is 5.41 Å². The third kappa shape index (κ3) is 3.74. The number of hydrogen-bond acceptors (Lipinski definition) is 2. The topological polar surface area (TPSA) is 69.6 Å². The van der Waals surface area contributed by atoms with E-state index < -0.39 is 5.97 Å². The van der Waals surface area contributed by atoms with Crippen LogP contribution in [0.3, 0.4) is 0 Å². The van der Waals surface area contributed by atoms with Crippen LogP contribution in [0.25, 0.3) is 0 Å². The van der Waals surface area contributed by atoms with Gasteiger partial charge in [0.1, 0.15) is 0 Å². The van der Waals surface area contributed by atoms with Gasteiger partial charge < -0.3 is 15.3 Å². The molecule has 0 atom stereocenters. The summed E-state index contributed by atoms with van der Waals surface area (Å²) in [5, 5.41) is 11.7. The second-order valence-electron chi connectivity index (χ2n) is 5.97. The van der Waals surface area contributed by atoms with Crippen molar-refractivity contribution < 1.29 is 14.7 Å². The molecule has 1 heterocycles. The van der Waals surface area contributed by atoms with E-state index >= 15 is 0 Å². The number of carboxylic acid groups (broad SMARTS) is 1. The van der Waals surface area contributed by atoms with Crippen molar-refractivity contribution in [3.63, 3.8) is 0 Å². The Bertz CT molecular complexity index is 534. The van der Waals surface area contributed by atoms with Gasteiger partial charge in [0.05, 0.1) is 5.56 Å². The lowest BCUT2D eigenvalue weighted by molar-refractivity contribution is 0.0697. The summed E-state index contributed by atoms with van der Waals surface area (Å²) in [5.41, 5.74) is 1.02. The number of piperidine rings is 1. The van der Waals surface area contributed by atoms with Crippen LogP contribution >= 0.6 is 0 Å². The molecule has 1 fully saturated rings. The molecule has 114 valence electrons. The molecule has 5 nitrogen and oxygen atoms in total. The highest BCUT2D eigenvalue weighted by Crippen LogP contribution is 2.34. The molecule has 0 radical (unpaired) electrons. The Morgan fingerprint density at radius 1 is 1.33 bits per heavy atom. The molecule has 1 aromatic carbocycles. The van der Waals surface area contributed by atoms with Crippen molar-refractivity contribution in [2.45, 2.75) is 33.1 Å². The van der Waals surface area contributed by atoms with Crippen LogP contribution in [0.5, 0.6) is 0 Å². The van der Waals surface area contributed by atoms with Gasteiger partial charge in [-0.1, -0.05) is 26.3 Å². The van der Waals surface area contributed by atoms with Gasteiger partial charge in [0, 0.05) is 18.8 Å². The Labute approximate surface area is 125 Å². The number of carboxylic acids is 1. The number of rotatable bonds is 3. The fourth-order valence-corrected chi connectivity index (χ4v) is 2.54. The number of nitrogens with one attached hydrogen (secondary N) is 1. The standard InChI is InChI=1S/C16H22N2O3/c1-3-16(2)7-9-18(10-8-16)15(21)17-13-6-4-5-12(11-13)14(19)20/h4-6,11H,3,7-10H2,1-2H3,(H,17,21)(H,19,20). The van der Waals surface area contributed by atoms with E-state index in [0.717, 1.165) is 32.4 Å². The van der Waals surface area contributed by atoms with Crippen LogP contribution in [0.15, 0.2) is 24.3 Å². The molecule has 1 aliphatic rings. The Balaban J connectivity index is 1.96. The van der Waals surface area contributed by atoms with Gasteiger partial charge in [0.2, 0.25) is 0 Å². The maximum atomic E-state index is 12.2. The van der Waals surface area contributed by atoms with Crippen molar-refractivity contribution in [1.82, 2.24) is 4.90 Å². The number of amides is 2. The molecule has 2 N–H and O–H groups in total. The summed E-state index contributed by atoms with van der Waals surface area (Å²) in [4.78, 5) is 24.9. The highest BCUT2D eigenvalue weighted by molar-refractivity contribution is 5.93. The molecule has 2 amide bonds. The van der Waals surface area contributed by atoms with E-state index in [2.05, 4.69) is 19.2 Å². The van der Waals surface area contributed by atoms with Crippen LogP contribution in [0, 0.1) is 5.41 Å². The number of aromatic carboxylic acids is 1. The second-order valence-corrected chi connectivity index (χ2v) is 5.97. The highest BCUT2D eigenvalue weighted by atomic mass is 16.4. The Morgan fingerprint density at radius 3 is 2.57 bits per heavy atom. The molecule has 1 saturated heterocycles. The monoisotopic (exact) mass is 290 g/mol. The molecule has 0 spiro atoms. The first-order valence-corrected chi connectivity index (χ1v) is 7.33. The average molecular weight is 290 g/mol. The summed E-state index contributed by atoms with van der Waals surface area (Å²) < 4.78 is 0. The van der Waals surface area contributed by atoms with Crippen LogP contribution in [0.4, 0.5) is 10.5 Å². The van der Waals surface area contributed by atoms with E-state index in [9.17, 15) is 9.59 Å². The number of urea groups is 1. The molecule has 0 saturated carbocycles. The number of benzene rings is 1. The number of anilines is 1. The predicted octanol–water partition coefficient (Wildman–Crippen LogP) is 3.43. The fourth-order valence-electron chi connectivity index (χ4n) is 2.54. The fraction of sp³-hybridized carbons (Fsp3) is 0.500. The van der Waals surface area contributed by atoms with Crippen molar-refractivity contribution in [2.75, 3.05) is 18.4 Å². The van der Waals surface area contributed by atoms with E-state index in [0.29, 0.717) is 11.1 Å². The minimum atomic E-state index is -0.997. The first-order chi connectivity index (χ1) is 9.93. The molecule has 2 rings (SSSR count). The summed E-state index contributed by atoms with van der Waals surface area (Å²) in [6.45, 7) is 5.94. The molecule has 0 aliphatic carbocycles. The zero-order valence-corrected chi connectivity index (χ0v) is 12.6. The molecule has 1 aliphatic heterocycles. The van der Waals surface area contributed by atoms with Gasteiger partial charge in [0.15, 0.2) is 0 Å². The molecular formula is C16H22N2O3. The van der Waals surface area contributed by atoms with Gasteiger partial charge in [-0.05, 0) is 36.5 Å². The first-order valence-electron chi connectivity index (χ1n) is 7.33. The van der Waals surface area contributed by atoms with Gasteiger partial charge in [0.25, 0.3) is 0 Å². The summed E-state index contributed by atoms with van der Waals surface area (Å²) in [6.07, 6.45) is 3.14. The SMILES string of the molecule is CCC1(C)CCN(C(=O)Nc2cccc(C(=O)O)c2)CC1. The van der Waals surface area contributed by atoms with Crippen LogP contribution in [-0.2, 0) is 0 Å². The zero-order valence-electron chi connectivity index (χ0n) is 12.6. The predicted molar refractivity (Wildman–Crippen MR) is 81.6 cm³/mol. The summed E-state index contributed by atoms with van der Waals surface area (Å²) >= 11 is 0. The molecule has 5 heteroatoms. The van der Waals surface area contributed by atoms with E-state index in [1.807, 2.05) is 0 Å². The smallest absolute Gasteiger partial charge is 0.335 e. The van der Waals surface area contributed by atoms with Gasteiger partial charge in [-0.15, -0.1) is 0 Å². The number of carbonyl (C=O) groups excluding carboxylic acids is 1. The quantitative estimate of drug-likeness (QED) is 0.896. The molecule has 0 aromatic heterocycles. The lowest BCUT2D eigenvalue weighted by Crippen LogP contribution is -2.43. The summed E-state index contributed by atoms with van der Waals surface area (Å²) in [6, 6.07) is 6.15. The Morgan fingerprint density at radius 2 is 2.00 bits per heavy atom. The van der Waals surface area contributed by atoms with Gasteiger partial charge >= 0.3 is 12.0 Å². The van der Waals surface area contributed by atoms with Crippen molar-refractivity contribution in [3.05, 3.63) is 29.8 Å². The van der Waals surface area contributed by atoms with E-state index in [1.165, 1.54) is 12.1 Å². The second kappa shape index (κ2) is 6.16. The summed E-state index contributed by atoms with van der Waals surface area (Å²) in [7, 11) is 0. The van der Waals surface area contributed by atoms with Crippen LogP contribution in [-0.4, -0.2) is 35.1 Å². The Kier molecular flexibility index (Phi) is 4.50. The van der Waals surface area contributed by atoms with Gasteiger partial charge in [-0.2, -0.15) is 0 Å². The number of carbonyl (C=O) groups is 2. The normalized spacial score (nSPS) is 17.3. The third-order valence-electron chi connectivity index (χ3n) is 4.47. The zero-order chi connectivity index (χ0) is 15.5. The lowest BCUT2D eigenvalue weighted by Gasteiger charge is -2.38. The van der Waals surface area contributed by atoms with Crippen molar-refractivity contribution in [1.29, 1.82) is 0 Å². The third-order valence-corrected chi connectivity index (χ3v) is 4.47. The molecule has 1 aromatic rings. The van der Waals surface area contributed by atoms with Crippen LogP contribution in [0.1, 0.15) is 43.5 Å². The molecule has 0 unspecified atom stereocenters. The van der Waals surface area contributed by atoms with Crippen molar-refractivity contribution >= 4 is 17.7 Å². The molecular weight excluding hydrogens is 268 g/mol. The van der Waals surface area contributed by atoms with Gasteiger partial charge in [-0.3, -0.25) is 0 Å². The van der Waals surface area contributed by atoms with Crippen LogP contribution < -0.4 is 5.32 Å². The average Bonchev–Trinajstić information content (AvgIpc) is 2.48. The van der Waals surface area contributed by atoms with Gasteiger partial charge in [-0.25, -0.2) is 9.59 Å². The minimum absolute atomic E-state index is 0.157. The van der Waals surface area contributed by atoms with E-state index in [4.69, 9.17) is 5.11 Å². The molecule has 0 bridgehead atoms. The Hall–Kier alpha value is -2.04. The summed E-state index contributed by atoms with van der Waals surface area (Å²) in [5.74, 6) is -0.997. The lowest BCUT2D eigenvalue weighted by atomic mass is 9.78. The van der Waals surface area contributed by atoms with E-state index in [-0.39, 0.29) is 11.6 Å². The van der Waals surface area contributed by atoms with Crippen molar-refractivity contribution in [3.8, 4) is 0 Å². The first kappa shape index (κ1) is 15.4. The van der Waals surface area contributed by atoms with E-state index in [1.54, 1.807) is 17.0 Å². The molecule has 21 heavy (non-hydrogen) atoms. The number of hydrogen-bond donors (Lipinski definition) is 2. The minimum Gasteiger partial charge on any atom is -0.478 e. The largest absolute Gasteiger partial charge is 0.478 e. The maximum absolute atomic E-state index is 12.2. The van der Waals surface area contributed by atoms with Crippen LogP contribution in [0.2, 0.25) is 0 Å². The number of nitrogens with zero attached hydrogens (tertiary/aromatic N) is 1. The number of likely N-dealkylation sites (tertiary alicyclic amines) is 1. The highest BCUT2D eigenvalue weighted by Gasteiger charge is 2.30. The maximum Gasteiger partial charge on any atom is 0.335 e.